The molecule has 1 N–H and O–H groups in total. The van der Waals surface area contributed by atoms with Crippen molar-refractivity contribution in [3.63, 3.8) is 0 Å². The third-order valence-corrected chi connectivity index (χ3v) is 2.71. The summed E-state index contributed by atoms with van der Waals surface area (Å²) in [5.41, 5.74) is 0. The van der Waals surface area contributed by atoms with Gasteiger partial charge in [-0.05, 0) is 6.42 Å². The van der Waals surface area contributed by atoms with Crippen molar-refractivity contribution in [2.45, 2.75) is 18.9 Å². The summed E-state index contributed by atoms with van der Waals surface area (Å²) >= 11 is 0. The number of carbonyl (C=O) groups is 1. The van der Waals surface area contributed by atoms with Crippen LogP contribution in [0, 0.1) is 0 Å². The second-order valence-electron chi connectivity index (χ2n) is 4.28. The number of carbonyl (C=O) groups excluding carboxylic acids is 1. The van der Waals surface area contributed by atoms with Gasteiger partial charge in [0.15, 0.2) is 0 Å². The van der Waals surface area contributed by atoms with Crippen LogP contribution in [0.2, 0.25) is 0 Å². The van der Waals surface area contributed by atoms with Gasteiger partial charge in [0.2, 0.25) is 5.91 Å². The van der Waals surface area contributed by atoms with Crippen LogP contribution in [0.5, 0.6) is 0 Å². The maximum Gasteiger partial charge on any atom is 0.222 e. The molecule has 0 aromatic heterocycles. The molecule has 1 atom stereocenters. The number of aliphatic hydroxyl groups excluding tert-OH is 1. The van der Waals surface area contributed by atoms with E-state index in [2.05, 4.69) is 0 Å². The van der Waals surface area contributed by atoms with E-state index in [-0.39, 0.29) is 19.1 Å². The number of morpholine rings is 1. The summed E-state index contributed by atoms with van der Waals surface area (Å²) in [5, 5.41) is 9.32. The van der Waals surface area contributed by atoms with E-state index < -0.39 is 6.10 Å². The summed E-state index contributed by atoms with van der Waals surface area (Å²) in [6, 6.07) is 0. The Hall–Kier alpha value is -0.690. The Morgan fingerprint density at radius 1 is 1.39 bits per heavy atom. The summed E-state index contributed by atoms with van der Waals surface area (Å²) < 4.78 is 15.2. The molecule has 0 aliphatic carbocycles. The zero-order chi connectivity index (χ0) is 13.2. The van der Waals surface area contributed by atoms with Crippen molar-refractivity contribution in [2.75, 3.05) is 53.2 Å². The van der Waals surface area contributed by atoms with Crippen molar-refractivity contribution in [2.24, 2.45) is 0 Å². The third-order valence-electron chi connectivity index (χ3n) is 2.71. The Bertz CT molecular complexity index is 231. The molecule has 1 rings (SSSR count). The lowest BCUT2D eigenvalue weighted by Gasteiger charge is -2.26. The lowest BCUT2D eigenvalue weighted by Crippen LogP contribution is -2.40. The first-order valence-corrected chi connectivity index (χ1v) is 6.34. The number of methoxy groups -OCH3 is 1. The maximum absolute atomic E-state index is 11.7. The quantitative estimate of drug-likeness (QED) is 0.605. The summed E-state index contributed by atoms with van der Waals surface area (Å²) in [6.07, 6.45) is 0.570. The Balaban J connectivity index is 1.98. The average Bonchev–Trinajstić information content (AvgIpc) is 2.39. The minimum atomic E-state index is -0.593. The second kappa shape index (κ2) is 9.27. The number of aliphatic hydroxyl groups is 1. The van der Waals surface area contributed by atoms with E-state index in [0.717, 1.165) is 0 Å². The number of ether oxygens (including phenoxy) is 3. The Labute approximate surface area is 108 Å². The summed E-state index contributed by atoms with van der Waals surface area (Å²) in [4.78, 5) is 13.6. The van der Waals surface area contributed by atoms with E-state index in [1.807, 2.05) is 4.90 Å². The average molecular weight is 261 g/mol. The first-order valence-electron chi connectivity index (χ1n) is 6.34. The van der Waals surface area contributed by atoms with Gasteiger partial charge in [0.25, 0.3) is 0 Å². The molecule has 1 amide bonds. The van der Waals surface area contributed by atoms with Crippen molar-refractivity contribution in [3.05, 3.63) is 0 Å². The van der Waals surface area contributed by atoms with Crippen LogP contribution in [0.3, 0.4) is 0 Å². The highest BCUT2D eigenvalue weighted by molar-refractivity contribution is 5.76. The molecule has 1 aliphatic heterocycles. The molecule has 0 aromatic rings. The van der Waals surface area contributed by atoms with Crippen LogP contribution < -0.4 is 0 Å². The third kappa shape index (κ3) is 6.30. The number of amides is 1. The van der Waals surface area contributed by atoms with Gasteiger partial charge >= 0.3 is 0 Å². The predicted molar refractivity (Wildman–Crippen MR) is 65.3 cm³/mol. The molecule has 1 unspecified atom stereocenters. The van der Waals surface area contributed by atoms with Crippen molar-refractivity contribution in [1.82, 2.24) is 4.90 Å². The van der Waals surface area contributed by atoms with Gasteiger partial charge < -0.3 is 24.2 Å². The highest BCUT2D eigenvalue weighted by Gasteiger charge is 2.15. The first-order chi connectivity index (χ1) is 8.74. The maximum atomic E-state index is 11.7. The van der Waals surface area contributed by atoms with Gasteiger partial charge in [0.1, 0.15) is 6.10 Å². The van der Waals surface area contributed by atoms with Gasteiger partial charge in [-0.1, -0.05) is 0 Å². The molecule has 106 valence electrons. The first kappa shape index (κ1) is 15.4. The molecule has 1 heterocycles. The van der Waals surface area contributed by atoms with Gasteiger partial charge in [-0.15, -0.1) is 0 Å². The van der Waals surface area contributed by atoms with Crippen LogP contribution >= 0.6 is 0 Å². The Morgan fingerprint density at radius 2 is 2.11 bits per heavy atom. The van der Waals surface area contributed by atoms with Crippen LogP contribution in [0.25, 0.3) is 0 Å². The summed E-state index contributed by atoms with van der Waals surface area (Å²) in [7, 11) is 1.53. The fourth-order valence-corrected chi connectivity index (χ4v) is 1.76. The number of hydrogen-bond acceptors (Lipinski definition) is 5. The Morgan fingerprint density at radius 3 is 2.78 bits per heavy atom. The minimum Gasteiger partial charge on any atom is -0.388 e. The van der Waals surface area contributed by atoms with Gasteiger partial charge in [0, 0.05) is 33.2 Å². The fraction of sp³-hybridized carbons (Fsp3) is 0.917. The second-order valence-corrected chi connectivity index (χ2v) is 4.28. The molecule has 0 aromatic carbocycles. The predicted octanol–water partition coefficient (Wildman–Crippen LogP) is -0.351. The van der Waals surface area contributed by atoms with Crippen LogP contribution in [-0.2, 0) is 19.0 Å². The molecule has 0 spiro atoms. The van der Waals surface area contributed by atoms with E-state index >= 15 is 0 Å². The molecule has 0 radical (unpaired) electrons. The van der Waals surface area contributed by atoms with Crippen molar-refractivity contribution in [1.29, 1.82) is 0 Å². The van der Waals surface area contributed by atoms with E-state index in [4.69, 9.17) is 14.2 Å². The standard InChI is InChI=1S/C12H23NO5/c1-16-9-11(14)10-18-6-2-3-12(15)13-4-7-17-8-5-13/h11,14H,2-10H2,1H3. The molecule has 6 nitrogen and oxygen atoms in total. The summed E-state index contributed by atoms with van der Waals surface area (Å²) in [6.45, 7) is 3.64. The van der Waals surface area contributed by atoms with Gasteiger partial charge in [0.05, 0.1) is 26.4 Å². The van der Waals surface area contributed by atoms with E-state index in [1.165, 1.54) is 7.11 Å². The number of nitrogens with zero attached hydrogens (tertiary/aromatic N) is 1. The molecule has 1 saturated heterocycles. The molecule has 1 fully saturated rings. The van der Waals surface area contributed by atoms with Crippen molar-refractivity contribution >= 4 is 5.91 Å². The van der Waals surface area contributed by atoms with E-state index in [1.54, 1.807) is 0 Å². The SMILES string of the molecule is COCC(O)COCCCC(=O)N1CCOCC1. The minimum absolute atomic E-state index is 0.152. The fourth-order valence-electron chi connectivity index (χ4n) is 1.76. The zero-order valence-electron chi connectivity index (χ0n) is 11.0. The lowest BCUT2D eigenvalue weighted by atomic mass is 10.2. The van der Waals surface area contributed by atoms with E-state index in [9.17, 15) is 9.90 Å². The lowest BCUT2D eigenvalue weighted by molar-refractivity contribution is -0.135. The molecule has 0 bridgehead atoms. The highest BCUT2D eigenvalue weighted by Crippen LogP contribution is 2.02. The van der Waals surface area contributed by atoms with E-state index in [0.29, 0.717) is 45.8 Å². The van der Waals surface area contributed by atoms with Crippen molar-refractivity contribution < 1.29 is 24.1 Å². The largest absolute Gasteiger partial charge is 0.388 e. The molecular formula is C12H23NO5. The van der Waals surface area contributed by atoms with Gasteiger partial charge in [-0.3, -0.25) is 4.79 Å². The van der Waals surface area contributed by atoms with Crippen molar-refractivity contribution in [3.8, 4) is 0 Å². The number of rotatable bonds is 8. The molecule has 6 heteroatoms. The monoisotopic (exact) mass is 261 g/mol. The smallest absolute Gasteiger partial charge is 0.222 e. The molecule has 1 aliphatic rings. The highest BCUT2D eigenvalue weighted by atomic mass is 16.5. The Kier molecular flexibility index (Phi) is 7.91. The topological polar surface area (TPSA) is 68.2 Å². The van der Waals surface area contributed by atoms with Gasteiger partial charge in [-0.2, -0.15) is 0 Å². The zero-order valence-corrected chi connectivity index (χ0v) is 11.0. The molecular weight excluding hydrogens is 238 g/mol. The molecule has 0 saturated carbocycles. The van der Waals surface area contributed by atoms with Crippen LogP contribution in [0.4, 0.5) is 0 Å². The summed E-state index contributed by atoms with van der Waals surface area (Å²) in [5.74, 6) is 0.152. The van der Waals surface area contributed by atoms with Crippen LogP contribution in [-0.4, -0.2) is 75.3 Å². The molecule has 18 heavy (non-hydrogen) atoms. The van der Waals surface area contributed by atoms with Gasteiger partial charge in [-0.25, -0.2) is 0 Å². The number of hydrogen-bond donors (Lipinski definition) is 1. The van der Waals surface area contributed by atoms with Crippen LogP contribution in [0.1, 0.15) is 12.8 Å². The van der Waals surface area contributed by atoms with Crippen LogP contribution in [0.15, 0.2) is 0 Å². The normalized spacial score (nSPS) is 17.8.